The summed E-state index contributed by atoms with van der Waals surface area (Å²) < 4.78 is 0. The molecule has 0 radical (unpaired) electrons. The van der Waals surface area contributed by atoms with E-state index >= 15 is 0 Å². The predicted octanol–water partition coefficient (Wildman–Crippen LogP) is 5.09. The van der Waals surface area contributed by atoms with Gasteiger partial charge in [-0.05, 0) is 47.6 Å². The molecule has 1 aliphatic carbocycles. The van der Waals surface area contributed by atoms with Crippen LogP contribution < -0.4 is 0 Å². The van der Waals surface area contributed by atoms with Crippen LogP contribution in [0.5, 0.6) is 0 Å². The molecule has 2 aromatic carbocycles. The van der Waals surface area contributed by atoms with Gasteiger partial charge in [-0.25, -0.2) is 0 Å². The van der Waals surface area contributed by atoms with Gasteiger partial charge in [-0.3, -0.25) is 4.79 Å². The first-order valence-electron chi connectivity index (χ1n) is 6.63. The van der Waals surface area contributed by atoms with Gasteiger partial charge < -0.3 is 0 Å². The second-order valence-electron chi connectivity index (χ2n) is 5.10. The van der Waals surface area contributed by atoms with Crippen molar-refractivity contribution < 1.29 is 4.79 Å². The van der Waals surface area contributed by atoms with E-state index in [-0.39, 0.29) is 0 Å². The molecule has 0 saturated heterocycles. The fourth-order valence-electron chi connectivity index (χ4n) is 2.57. The Balaban J connectivity index is 1.95. The first kappa shape index (κ1) is 12.4. The normalized spacial score (nSPS) is 15.0. The van der Waals surface area contributed by atoms with Crippen LogP contribution in [0.3, 0.4) is 0 Å². The number of halogens is 1. The van der Waals surface area contributed by atoms with Gasteiger partial charge in [0.1, 0.15) is 0 Å². The molecule has 96 valence electrons. The Morgan fingerprint density at radius 2 is 1.79 bits per heavy atom. The number of benzene rings is 2. The highest BCUT2D eigenvalue weighted by atomic mass is 35.5. The van der Waals surface area contributed by atoms with E-state index in [1.165, 1.54) is 24.8 Å². The zero-order valence-electron chi connectivity index (χ0n) is 10.6. The average molecular weight is 271 g/mol. The minimum atomic E-state index is 0.594. The third kappa shape index (κ3) is 2.43. The van der Waals surface area contributed by atoms with E-state index in [4.69, 9.17) is 11.6 Å². The standard InChI is InChI=1S/C17H15ClO/c18-16-8-9-17(15(10-16)11-19)14-6-4-13(5-7-14)12-2-1-3-12/h4-12H,1-3H2. The predicted molar refractivity (Wildman–Crippen MR) is 78.9 cm³/mol. The number of carbonyl (C=O) groups is 1. The second-order valence-corrected chi connectivity index (χ2v) is 5.54. The Labute approximate surface area is 118 Å². The molecule has 0 N–H and O–H groups in total. The van der Waals surface area contributed by atoms with Gasteiger partial charge in [0.2, 0.25) is 0 Å². The fraction of sp³-hybridized carbons (Fsp3) is 0.235. The van der Waals surface area contributed by atoms with Crippen LogP contribution in [0.15, 0.2) is 42.5 Å². The first-order chi connectivity index (χ1) is 9.28. The summed E-state index contributed by atoms with van der Waals surface area (Å²) in [5.74, 6) is 0.741. The summed E-state index contributed by atoms with van der Waals surface area (Å²) in [5, 5.41) is 0.594. The third-order valence-electron chi connectivity index (χ3n) is 3.94. The lowest BCUT2D eigenvalue weighted by molar-refractivity contribution is 0.112. The summed E-state index contributed by atoms with van der Waals surface area (Å²) in [5.41, 5.74) is 4.07. The molecule has 0 aliphatic heterocycles. The van der Waals surface area contributed by atoms with Crippen LogP contribution in [0.1, 0.15) is 41.1 Å². The highest BCUT2D eigenvalue weighted by Gasteiger charge is 2.19. The van der Waals surface area contributed by atoms with Crippen LogP contribution in [0.4, 0.5) is 0 Å². The van der Waals surface area contributed by atoms with Crippen LogP contribution in [0, 0.1) is 0 Å². The SMILES string of the molecule is O=Cc1cc(Cl)ccc1-c1ccc(C2CCC2)cc1. The molecule has 1 fully saturated rings. The number of carbonyl (C=O) groups excluding carboxylic acids is 1. The lowest BCUT2D eigenvalue weighted by Crippen LogP contribution is -2.08. The van der Waals surface area contributed by atoms with Crippen molar-refractivity contribution in [3.8, 4) is 11.1 Å². The van der Waals surface area contributed by atoms with Crippen molar-refractivity contribution in [2.45, 2.75) is 25.2 Å². The molecule has 1 nitrogen and oxygen atoms in total. The number of aldehydes is 1. The van der Waals surface area contributed by atoms with Gasteiger partial charge in [-0.2, -0.15) is 0 Å². The molecule has 0 unspecified atom stereocenters. The van der Waals surface area contributed by atoms with Crippen LogP contribution in [-0.2, 0) is 0 Å². The van der Waals surface area contributed by atoms with Gasteiger partial charge in [-0.1, -0.05) is 48.4 Å². The Kier molecular flexibility index (Phi) is 3.39. The van der Waals surface area contributed by atoms with E-state index in [0.717, 1.165) is 23.3 Å². The minimum absolute atomic E-state index is 0.594. The maximum absolute atomic E-state index is 11.1. The molecule has 0 spiro atoms. The van der Waals surface area contributed by atoms with Gasteiger partial charge >= 0.3 is 0 Å². The van der Waals surface area contributed by atoms with E-state index in [2.05, 4.69) is 24.3 Å². The number of hydrogen-bond acceptors (Lipinski definition) is 1. The molecule has 1 aliphatic rings. The van der Waals surface area contributed by atoms with E-state index in [1.807, 2.05) is 12.1 Å². The molecule has 3 rings (SSSR count). The molecule has 0 aromatic heterocycles. The third-order valence-corrected chi connectivity index (χ3v) is 4.17. The molecule has 0 amide bonds. The van der Waals surface area contributed by atoms with Gasteiger partial charge in [0.25, 0.3) is 0 Å². The maximum Gasteiger partial charge on any atom is 0.150 e. The van der Waals surface area contributed by atoms with Crippen molar-refractivity contribution in [2.75, 3.05) is 0 Å². The molecule has 0 heterocycles. The fourth-order valence-corrected chi connectivity index (χ4v) is 2.75. The zero-order chi connectivity index (χ0) is 13.2. The van der Waals surface area contributed by atoms with Crippen LogP contribution >= 0.6 is 11.6 Å². The average Bonchev–Trinajstić information content (AvgIpc) is 2.38. The van der Waals surface area contributed by atoms with Crippen molar-refractivity contribution in [3.63, 3.8) is 0 Å². The monoisotopic (exact) mass is 270 g/mol. The molecule has 19 heavy (non-hydrogen) atoms. The highest BCUT2D eigenvalue weighted by Crippen LogP contribution is 2.37. The summed E-state index contributed by atoms with van der Waals surface area (Å²) in [7, 11) is 0. The van der Waals surface area contributed by atoms with E-state index in [1.54, 1.807) is 6.07 Å². The molecule has 2 aromatic rings. The van der Waals surface area contributed by atoms with E-state index < -0.39 is 0 Å². The molecule has 2 heteroatoms. The molecular weight excluding hydrogens is 256 g/mol. The van der Waals surface area contributed by atoms with Crippen molar-refractivity contribution in [2.24, 2.45) is 0 Å². The molecule has 1 saturated carbocycles. The van der Waals surface area contributed by atoms with Crippen LogP contribution in [0.2, 0.25) is 5.02 Å². The topological polar surface area (TPSA) is 17.1 Å². The van der Waals surface area contributed by atoms with Crippen LogP contribution in [-0.4, -0.2) is 6.29 Å². The highest BCUT2D eigenvalue weighted by molar-refractivity contribution is 6.31. The molecule has 0 bridgehead atoms. The minimum Gasteiger partial charge on any atom is -0.298 e. The summed E-state index contributed by atoms with van der Waals surface area (Å²) in [6, 6.07) is 14.0. The Hall–Kier alpha value is -1.60. The second kappa shape index (κ2) is 5.18. The van der Waals surface area contributed by atoms with E-state index in [0.29, 0.717) is 10.6 Å². The summed E-state index contributed by atoms with van der Waals surface area (Å²) in [4.78, 5) is 11.1. The largest absolute Gasteiger partial charge is 0.298 e. The smallest absolute Gasteiger partial charge is 0.150 e. The molecule has 0 atom stereocenters. The summed E-state index contributed by atoms with van der Waals surface area (Å²) in [6.07, 6.45) is 4.82. The lowest BCUT2D eigenvalue weighted by atomic mass is 9.80. The Morgan fingerprint density at radius 1 is 1.05 bits per heavy atom. The van der Waals surface area contributed by atoms with Crippen molar-refractivity contribution in [3.05, 3.63) is 58.6 Å². The first-order valence-corrected chi connectivity index (χ1v) is 7.01. The maximum atomic E-state index is 11.1. The van der Waals surface area contributed by atoms with Crippen molar-refractivity contribution >= 4 is 17.9 Å². The van der Waals surface area contributed by atoms with Gasteiger partial charge in [0, 0.05) is 10.6 Å². The quantitative estimate of drug-likeness (QED) is 0.710. The number of rotatable bonds is 3. The molecular formula is C17H15ClO. The summed E-state index contributed by atoms with van der Waals surface area (Å²) in [6.45, 7) is 0. The zero-order valence-corrected chi connectivity index (χ0v) is 11.4. The Bertz CT molecular complexity index is 597. The Morgan fingerprint density at radius 3 is 2.37 bits per heavy atom. The van der Waals surface area contributed by atoms with Gasteiger partial charge in [0.15, 0.2) is 6.29 Å². The van der Waals surface area contributed by atoms with Gasteiger partial charge in [0.05, 0.1) is 0 Å². The van der Waals surface area contributed by atoms with Gasteiger partial charge in [-0.15, -0.1) is 0 Å². The lowest BCUT2D eigenvalue weighted by Gasteiger charge is -2.25. The summed E-state index contributed by atoms with van der Waals surface area (Å²) >= 11 is 5.92. The number of hydrogen-bond donors (Lipinski definition) is 0. The van der Waals surface area contributed by atoms with Crippen molar-refractivity contribution in [1.29, 1.82) is 0 Å². The van der Waals surface area contributed by atoms with Crippen molar-refractivity contribution in [1.82, 2.24) is 0 Å². The van der Waals surface area contributed by atoms with E-state index in [9.17, 15) is 4.79 Å². The van der Waals surface area contributed by atoms with Crippen LogP contribution in [0.25, 0.3) is 11.1 Å².